The Morgan fingerprint density at radius 2 is 2.30 bits per heavy atom. The fraction of sp³-hybridized carbons (Fsp3) is 0.385. The van der Waals surface area contributed by atoms with E-state index in [2.05, 4.69) is 6.07 Å². The maximum Gasteiger partial charge on any atom is 0.304 e. The second kappa shape index (κ2) is 6.34. The topological polar surface area (TPSA) is 66.6 Å². The molecule has 5 nitrogen and oxygen atoms in total. The molecule has 0 aliphatic rings. The van der Waals surface area contributed by atoms with Crippen LogP contribution in [0.5, 0.6) is 0 Å². The molecule has 0 aromatic carbocycles. The summed E-state index contributed by atoms with van der Waals surface area (Å²) in [5, 5.41) is 23.3. The van der Waals surface area contributed by atoms with Gasteiger partial charge in [-0.05, 0) is 24.8 Å². The minimum absolute atomic E-state index is 0.0691. The van der Waals surface area contributed by atoms with Gasteiger partial charge in [0.25, 0.3) is 0 Å². The molecule has 0 unspecified atom stereocenters. The van der Waals surface area contributed by atoms with Crippen molar-refractivity contribution in [1.29, 1.82) is 0 Å². The summed E-state index contributed by atoms with van der Waals surface area (Å²) in [6, 6.07) is 5.52. The molecule has 0 aliphatic heterocycles. The Morgan fingerprint density at radius 1 is 1.55 bits per heavy atom. The van der Waals surface area contributed by atoms with Crippen molar-refractivity contribution >= 4 is 33.4 Å². The lowest BCUT2D eigenvalue weighted by molar-refractivity contribution is -0.383. The van der Waals surface area contributed by atoms with Gasteiger partial charge < -0.3 is 10.0 Å². The van der Waals surface area contributed by atoms with Crippen LogP contribution in [0.1, 0.15) is 22.8 Å². The lowest BCUT2D eigenvalue weighted by Crippen LogP contribution is -2.19. The Morgan fingerprint density at radius 3 is 2.85 bits per heavy atom. The molecular formula is C13H16N2O3S2. The van der Waals surface area contributed by atoms with Crippen molar-refractivity contribution in [2.24, 2.45) is 0 Å². The van der Waals surface area contributed by atoms with Gasteiger partial charge in [-0.25, -0.2) is 0 Å². The summed E-state index contributed by atoms with van der Waals surface area (Å²) in [7, 11) is 1.85. The van der Waals surface area contributed by atoms with Gasteiger partial charge in [-0.3, -0.25) is 10.1 Å². The minimum Gasteiger partial charge on any atom is -0.388 e. The fourth-order valence-electron chi connectivity index (χ4n) is 1.83. The van der Waals surface area contributed by atoms with Crippen LogP contribution in [0.2, 0.25) is 0 Å². The molecule has 2 heterocycles. The average molecular weight is 312 g/mol. The molecule has 2 aromatic heterocycles. The maximum atomic E-state index is 11.1. The SMILES string of the molecule is C[C@@H](O)c1cc([N+](=O)[O-])c(N(C)CCc2cccs2)s1. The normalized spacial score (nSPS) is 12.3. The Labute approximate surface area is 125 Å². The van der Waals surface area contributed by atoms with E-state index < -0.39 is 6.10 Å². The first-order valence-corrected chi connectivity index (χ1v) is 7.88. The molecule has 0 spiro atoms. The summed E-state index contributed by atoms with van der Waals surface area (Å²) >= 11 is 2.96. The monoisotopic (exact) mass is 312 g/mol. The summed E-state index contributed by atoms with van der Waals surface area (Å²) in [6.07, 6.45) is 0.172. The van der Waals surface area contributed by atoms with Gasteiger partial charge in [-0.15, -0.1) is 22.7 Å². The van der Waals surface area contributed by atoms with Crippen LogP contribution in [-0.4, -0.2) is 23.6 Å². The number of aliphatic hydroxyl groups is 1. The van der Waals surface area contributed by atoms with Gasteiger partial charge in [0, 0.05) is 29.4 Å². The van der Waals surface area contributed by atoms with E-state index in [1.165, 1.54) is 22.3 Å². The van der Waals surface area contributed by atoms with Crippen molar-refractivity contribution < 1.29 is 10.0 Å². The summed E-state index contributed by atoms with van der Waals surface area (Å²) < 4.78 is 0. The predicted molar refractivity (Wildman–Crippen MR) is 82.9 cm³/mol. The van der Waals surface area contributed by atoms with Crippen molar-refractivity contribution in [2.75, 3.05) is 18.5 Å². The summed E-state index contributed by atoms with van der Waals surface area (Å²) in [6.45, 7) is 2.33. The van der Waals surface area contributed by atoms with E-state index in [1.807, 2.05) is 23.4 Å². The van der Waals surface area contributed by atoms with E-state index in [1.54, 1.807) is 18.3 Å². The van der Waals surface area contributed by atoms with Gasteiger partial charge in [-0.2, -0.15) is 0 Å². The third kappa shape index (κ3) is 3.36. The molecule has 0 bridgehead atoms. The van der Waals surface area contributed by atoms with Gasteiger partial charge in [-0.1, -0.05) is 6.07 Å². The Kier molecular flexibility index (Phi) is 4.74. The largest absolute Gasteiger partial charge is 0.388 e. The van der Waals surface area contributed by atoms with Crippen LogP contribution in [0.4, 0.5) is 10.7 Å². The van der Waals surface area contributed by atoms with Gasteiger partial charge in [0.05, 0.1) is 11.0 Å². The summed E-state index contributed by atoms with van der Waals surface area (Å²) in [5.41, 5.74) is 0.0691. The number of aliphatic hydroxyl groups excluding tert-OH is 1. The molecule has 0 radical (unpaired) electrons. The highest BCUT2D eigenvalue weighted by molar-refractivity contribution is 7.16. The highest BCUT2D eigenvalue weighted by Gasteiger charge is 2.23. The Hall–Kier alpha value is -1.44. The van der Waals surface area contributed by atoms with Crippen LogP contribution in [0.15, 0.2) is 23.6 Å². The second-order valence-corrected chi connectivity index (χ2v) is 6.62. The zero-order valence-corrected chi connectivity index (χ0v) is 12.9. The second-order valence-electron chi connectivity index (χ2n) is 4.52. The van der Waals surface area contributed by atoms with Crippen LogP contribution >= 0.6 is 22.7 Å². The molecule has 20 heavy (non-hydrogen) atoms. The fourth-order valence-corrected chi connectivity index (χ4v) is 3.58. The molecule has 1 atom stereocenters. The number of anilines is 1. The third-order valence-corrected chi connectivity index (χ3v) is 5.29. The van der Waals surface area contributed by atoms with Crippen LogP contribution in [0, 0.1) is 10.1 Å². The van der Waals surface area contributed by atoms with Crippen LogP contribution in [0.3, 0.4) is 0 Å². The number of thiophene rings is 2. The number of nitrogens with zero attached hydrogens (tertiary/aromatic N) is 2. The number of rotatable bonds is 6. The predicted octanol–water partition coefficient (Wildman–Crippen LogP) is 3.45. The minimum atomic E-state index is -0.682. The standard InChI is InChI=1S/C13H16N2O3S2/c1-9(16)12-8-11(15(17)18)13(20-12)14(2)6-5-10-4-3-7-19-10/h3-4,7-9,16H,5-6H2,1-2H3/t9-/m1/s1. The lowest BCUT2D eigenvalue weighted by atomic mass is 10.3. The maximum absolute atomic E-state index is 11.1. The molecule has 0 saturated carbocycles. The molecular weight excluding hydrogens is 296 g/mol. The highest BCUT2D eigenvalue weighted by Crippen LogP contribution is 2.39. The molecule has 2 aromatic rings. The number of hydrogen-bond acceptors (Lipinski definition) is 6. The van der Waals surface area contributed by atoms with Crippen LogP contribution in [0.25, 0.3) is 0 Å². The van der Waals surface area contributed by atoms with Gasteiger partial charge >= 0.3 is 5.69 Å². The molecule has 0 saturated heterocycles. The van der Waals surface area contributed by atoms with Crippen molar-refractivity contribution in [3.8, 4) is 0 Å². The van der Waals surface area contributed by atoms with E-state index in [-0.39, 0.29) is 10.6 Å². The zero-order valence-electron chi connectivity index (χ0n) is 11.3. The first-order chi connectivity index (χ1) is 9.49. The average Bonchev–Trinajstić information content (AvgIpc) is 3.04. The van der Waals surface area contributed by atoms with E-state index in [9.17, 15) is 15.2 Å². The summed E-state index contributed by atoms with van der Waals surface area (Å²) in [4.78, 5) is 14.5. The molecule has 0 fully saturated rings. The molecule has 1 N–H and O–H groups in total. The molecule has 108 valence electrons. The van der Waals surface area contributed by atoms with Crippen molar-refractivity contribution in [2.45, 2.75) is 19.4 Å². The quantitative estimate of drug-likeness (QED) is 0.655. The lowest BCUT2D eigenvalue weighted by Gasteiger charge is -2.15. The van der Waals surface area contributed by atoms with Crippen molar-refractivity contribution in [1.82, 2.24) is 0 Å². The van der Waals surface area contributed by atoms with E-state index >= 15 is 0 Å². The summed E-state index contributed by atoms with van der Waals surface area (Å²) in [5.74, 6) is 0. The van der Waals surface area contributed by atoms with Crippen LogP contribution < -0.4 is 4.90 Å². The first kappa shape index (κ1) is 15.0. The Bertz CT molecular complexity index is 578. The molecule has 2 rings (SSSR count). The van der Waals surface area contributed by atoms with E-state index in [0.717, 1.165) is 6.42 Å². The zero-order chi connectivity index (χ0) is 14.7. The van der Waals surface area contributed by atoms with E-state index in [4.69, 9.17) is 0 Å². The number of hydrogen-bond donors (Lipinski definition) is 1. The third-order valence-electron chi connectivity index (χ3n) is 2.94. The van der Waals surface area contributed by atoms with Gasteiger partial charge in [0.1, 0.15) is 0 Å². The van der Waals surface area contributed by atoms with Gasteiger partial charge in [0.15, 0.2) is 5.00 Å². The number of nitro groups is 1. The smallest absolute Gasteiger partial charge is 0.304 e. The van der Waals surface area contributed by atoms with Crippen molar-refractivity contribution in [3.05, 3.63) is 43.4 Å². The molecule has 7 heteroatoms. The van der Waals surface area contributed by atoms with E-state index in [0.29, 0.717) is 16.4 Å². The van der Waals surface area contributed by atoms with Crippen molar-refractivity contribution in [3.63, 3.8) is 0 Å². The number of likely N-dealkylation sites (N-methyl/N-ethyl adjacent to an activating group) is 1. The molecule has 0 amide bonds. The Balaban J connectivity index is 2.15. The first-order valence-electron chi connectivity index (χ1n) is 6.18. The highest BCUT2D eigenvalue weighted by atomic mass is 32.1. The van der Waals surface area contributed by atoms with Gasteiger partial charge in [0.2, 0.25) is 0 Å². The van der Waals surface area contributed by atoms with Crippen LogP contribution in [-0.2, 0) is 6.42 Å². The molecule has 0 aliphatic carbocycles.